The number of benzene rings is 1. The highest BCUT2D eigenvalue weighted by atomic mass is 16.5. The molecule has 6 nitrogen and oxygen atoms in total. The first-order valence-electron chi connectivity index (χ1n) is 10.3. The Morgan fingerprint density at radius 3 is 2.73 bits per heavy atom. The third kappa shape index (κ3) is 4.00. The van der Waals surface area contributed by atoms with Crippen molar-refractivity contribution < 1.29 is 19.1 Å². The summed E-state index contributed by atoms with van der Waals surface area (Å²) in [4.78, 5) is 30.0. The van der Waals surface area contributed by atoms with Crippen molar-refractivity contribution in [3.63, 3.8) is 0 Å². The van der Waals surface area contributed by atoms with Gasteiger partial charge in [-0.3, -0.25) is 9.78 Å². The number of pyridine rings is 1. The average Bonchev–Trinajstić information content (AvgIpc) is 3.35. The molecule has 3 heterocycles. The van der Waals surface area contributed by atoms with E-state index in [2.05, 4.69) is 9.55 Å². The Kier molecular flexibility index (Phi) is 5.68. The fourth-order valence-corrected chi connectivity index (χ4v) is 4.12. The molecule has 1 aromatic carbocycles. The van der Waals surface area contributed by atoms with E-state index in [1.165, 1.54) is 0 Å². The van der Waals surface area contributed by atoms with Crippen LogP contribution >= 0.6 is 0 Å². The van der Waals surface area contributed by atoms with E-state index in [0.29, 0.717) is 11.1 Å². The van der Waals surface area contributed by atoms with Crippen LogP contribution in [0.3, 0.4) is 0 Å². The van der Waals surface area contributed by atoms with Crippen molar-refractivity contribution >= 4 is 22.7 Å². The van der Waals surface area contributed by atoms with Crippen LogP contribution in [0.4, 0.5) is 0 Å². The molecule has 156 valence electrons. The number of Topliss-reactive ketones (excluding diaryl/α,β-unsaturated/α-hetero) is 1. The van der Waals surface area contributed by atoms with E-state index in [0.717, 1.165) is 54.0 Å². The topological polar surface area (TPSA) is 70.4 Å². The first-order chi connectivity index (χ1) is 14.4. The van der Waals surface area contributed by atoms with Crippen LogP contribution in [0.2, 0.25) is 0 Å². The number of carbonyl (C=O) groups excluding carboxylic acids is 2. The Balaban J connectivity index is 1.48. The number of fused-ring (bicyclic) bond motifs is 1. The minimum atomic E-state index is -0.516. The molecule has 0 aliphatic carbocycles. The maximum Gasteiger partial charge on any atom is 0.339 e. The minimum absolute atomic E-state index is 0.193. The van der Waals surface area contributed by atoms with Gasteiger partial charge in [0, 0.05) is 41.2 Å². The molecule has 1 atom stereocenters. The van der Waals surface area contributed by atoms with Gasteiger partial charge in [0.15, 0.2) is 6.61 Å². The molecule has 1 aliphatic rings. The number of hydrogen-bond acceptors (Lipinski definition) is 5. The zero-order chi connectivity index (χ0) is 21.3. The van der Waals surface area contributed by atoms with Gasteiger partial charge in [0.2, 0.25) is 5.78 Å². The highest BCUT2D eigenvalue weighted by molar-refractivity contribution is 6.05. The largest absolute Gasteiger partial charge is 0.454 e. The Morgan fingerprint density at radius 1 is 1.17 bits per heavy atom. The number of nitrogens with zero attached hydrogens (tertiary/aromatic N) is 2. The number of aryl methyl sites for hydroxylation is 2. The Morgan fingerprint density at radius 2 is 1.97 bits per heavy atom. The quantitative estimate of drug-likeness (QED) is 0.454. The summed E-state index contributed by atoms with van der Waals surface area (Å²) in [6.45, 7) is 6.99. The van der Waals surface area contributed by atoms with Crippen molar-refractivity contribution in [3.8, 4) is 0 Å². The number of hydrogen-bond donors (Lipinski definition) is 0. The minimum Gasteiger partial charge on any atom is -0.454 e. The molecule has 0 saturated carbocycles. The number of ether oxygens (including phenoxy) is 2. The van der Waals surface area contributed by atoms with E-state index in [-0.39, 0.29) is 18.5 Å². The molecule has 0 radical (unpaired) electrons. The van der Waals surface area contributed by atoms with Crippen molar-refractivity contribution in [2.45, 2.75) is 46.3 Å². The van der Waals surface area contributed by atoms with Crippen molar-refractivity contribution in [1.29, 1.82) is 0 Å². The van der Waals surface area contributed by atoms with Gasteiger partial charge in [-0.1, -0.05) is 18.2 Å². The summed E-state index contributed by atoms with van der Waals surface area (Å²) in [6, 6.07) is 11.0. The number of carbonyl (C=O) groups is 2. The van der Waals surface area contributed by atoms with Gasteiger partial charge in [-0.2, -0.15) is 0 Å². The highest BCUT2D eigenvalue weighted by Gasteiger charge is 2.22. The monoisotopic (exact) mass is 406 g/mol. The van der Waals surface area contributed by atoms with Crippen molar-refractivity contribution in [1.82, 2.24) is 9.55 Å². The second-order valence-electron chi connectivity index (χ2n) is 7.86. The van der Waals surface area contributed by atoms with Crippen molar-refractivity contribution in [2.24, 2.45) is 0 Å². The molecule has 0 bridgehead atoms. The van der Waals surface area contributed by atoms with Crippen molar-refractivity contribution in [2.75, 3.05) is 13.2 Å². The van der Waals surface area contributed by atoms with Gasteiger partial charge in [0.25, 0.3) is 0 Å². The van der Waals surface area contributed by atoms with E-state index in [9.17, 15) is 9.59 Å². The number of rotatable bonds is 6. The standard InChI is InChI=1S/C24H26N2O4/c1-15-11-21(19-8-4-5-9-22(19)25-15)24(28)30-14-23(27)20-12-16(2)26(17(20)3)13-18-7-6-10-29-18/h4-5,8-9,11-12,18H,6-7,10,13-14H2,1-3H3. The number of para-hydroxylation sites is 1. The van der Waals surface area contributed by atoms with Gasteiger partial charge in [0.1, 0.15) is 0 Å². The zero-order valence-electron chi connectivity index (χ0n) is 17.6. The van der Waals surface area contributed by atoms with Crippen LogP contribution in [0.25, 0.3) is 10.9 Å². The molecule has 1 fully saturated rings. The lowest BCUT2D eigenvalue weighted by Crippen LogP contribution is -2.18. The van der Waals surface area contributed by atoms with Crippen molar-refractivity contribution in [3.05, 3.63) is 64.6 Å². The molecule has 1 unspecified atom stereocenters. The summed E-state index contributed by atoms with van der Waals surface area (Å²) in [6.07, 6.45) is 2.31. The third-order valence-corrected chi connectivity index (χ3v) is 5.68. The van der Waals surface area contributed by atoms with Gasteiger partial charge in [-0.15, -0.1) is 0 Å². The van der Waals surface area contributed by atoms with E-state index in [4.69, 9.17) is 9.47 Å². The molecule has 1 saturated heterocycles. The smallest absolute Gasteiger partial charge is 0.339 e. The molecule has 1 aliphatic heterocycles. The van der Waals surface area contributed by atoms with Gasteiger partial charge < -0.3 is 14.0 Å². The summed E-state index contributed by atoms with van der Waals surface area (Å²) in [5.74, 6) is -0.719. The zero-order valence-corrected chi connectivity index (χ0v) is 17.6. The predicted octanol–water partition coefficient (Wildman–Crippen LogP) is 4.18. The highest BCUT2D eigenvalue weighted by Crippen LogP contribution is 2.22. The lowest BCUT2D eigenvalue weighted by Gasteiger charge is -2.14. The first kappa shape index (κ1) is 20.3. The van der Waals surface area contributed by atoms with Crippen LogP contribution in [0.1, 0.15) is 50.6 Å². The Hall–Kier alpha value is -2.99. The summed E-state index contributed by atoms with van der Waals surface area (Å²) >= 11 is 0. The van der Waals surface area contributed by atoms with Gasteiger partial charge in [-0.05, 0) is 51.8 Å². The maximum atomic E-state index is 12.8. The molecular weight excluding hydrogens is 380 g/mol. The Labute approximate surface area is 175 Å². The maximum absolute atomic E-state index is 12.8. The predicted molar refractivity (Wildman–Crippen MR) is 114 cm³/mol. The molecule has 0 amide bonds. The molecule has 4 rings (SSSR count). The molecule has 3 aromatic rings. The molecular formula is C24H26N2O4. The van der Waals surface area contributed by atoms with Crippen LogP contribution < -0.4 is 0 Å². The van der Waals surface area contributed by atoms with Crippen LogP contribution in [-0.2, 0) is 16.0 Å². The molecule has 0 spiro atoms. The van der Waals surface area contributed by atoms with Gasteiger partial charge in [0.05, 0.1) is 17.2 Å². The second-order valence-corrected chi connectivity index (χ2v) is 7.86. The first-order valence-corrected chi connectivity index (χ1v) is 10.3. The number of esters is 1. The number of ketones is 1. The Bertz CT molecular complexity index is 1110. The molecule has 30 heavy (non-hydrogen) atoms. The van der Waals surface area contributed by atoms with Crippen LogP contribution in [-0.4, -0.2) is 40.6 Å². The van der Waals surface area contributed by atoms with Gasteiger partial charge in [-0.25, -0.2) is 4.79 Å². The SMILES string of the molecule is Cc1cc(C(=O)OCC(=O)c2cc(C)n(CC3CCCO3)c2C)c2ccccc2n1. The molecule has 0 N–H and O–H groups in total. The molecule has 2 aromatic heterocycles. The van der Waals surface area contributed by atoms with E-state index >= 15 is 0 Å². The fraction of sp³-hybridized carbons (Fsp3) is 0.375. The molecule has 6 heteroatoms. The number of aromatic nitrogens is 2. The van der Waals surface area contributed by atoms with E-state index in [1.807, 2.05) is 51.1 Å². The normalized spacial score (nSPS) is 16.2. The summed E-state index contributed by atoms with van der Waals surface area (Å²) < 4.78 is 13.2. The van der Waals surface area contributed by atoms with Crippen LogP contribution in [0.5, 0.6) is 0 Å². The lowest BCUT2D eigenvalue weighted by molar-refractivity contribution is 0.0476. The van der Waals surface area contributed by atoms with E-state index in [1.54, 1.807) is 6.07 Å². The third-order valence-electron chi connectivity index (χ3n) is 5.68. The second kappa shape index (κ2) is 8.40. The summed E-state index contributed by atoms with van der Waals surface area (Å²) in [5.41, 5.74) is 4.37. The van der Waals surface area contributed by atoms with E-state index < -0.39 is 5.97 Å². The van der Waals surface area contributed by atoms with Gasteiger partial charge >= 0.3 is 5.97 Å². The lowest BCUT2D eigenvalue weighted by atomic mass is 10.1. The van der Waals surface area contributed by atoms with Crippen LogP contribution in [0, 0.1) is 20.8 Å². The summed E-state index contributed by atoms with van der Waals surface area (Å²) in [5, 5.41) is 0.718. The summed E-state index contributed by atoms with van der Waals surface area (Å²) in [7, 11) is 0. The fourth-order valence-electron chi connectivity index (χ4n) is 4.12. The van der Waals surface area contributed by atoms with Crippen LogP contribution in [0.15, 0.2) is 36.4 Å². The average molecular weight is 406 g/mol.